The largest absolute Gasteiger partial charge is 0.486 e. The Labute approximate surface area is 106 Å². The van der Waals surface area contributed by atoms with Gasteiger partial charge in [0, 0.05) is 26.2 Å². The first-order valence-electron chi connectivity index (χ1n) is 6.25. The van der Waals surface area contributed by atoms with Crippen molar-refractivity contribution in [3.8, 4) is 11.5 Å². The zero-order valence-electron chi connectivity index (χ0n) is 10.1. The number of nitrogens with zero attached hydrogens (tertiary/aromatic N) is 1. The van der Waals surface area contributed by atoms with Crippen molar-refractivity contribution in [2.24, 2.45) is 0 Å². The third kappa shape index (κ3) is 2.01. The van der Waals surface area contributed by atoms with Gasteiger partial charge in [-0.1, -0.05) is 6.07 Å². The Bertz CT molecular complexity index is 456. The highest BCUT2D eigenvalue weighted by Gasteiger charge is 2.24. The lowest BCUT2D eigenvalue weighted by atomic mass is 10.1. The monoisotopic (exact) mass is 248 g/mol. The summed E-state index contributed by atoms with van der Waals surface area (Å²) >= 11 is 0. The number of nitrogens with one attached hydrogen (secondary N) is 1. The number of ether oxygens (including phenoxy) is 2. The van der Waals surface area contributed by atoms with Gasteiger partial charge in [0.2, 0.25) is 0 Å². The van der Waals surface area contributed by atoms with Crippen LogP contribution in [0.25, 0.3) is 0 Å². The molecule has 0 bridgehead atoms. The Kier molecular flexibility index (Phi) is 3.06. The quantitative estimate of drug-likeness (QED) is 0.786. The third-order valence-electron chi connectivity index (χ3n) is 3.20. The van der Waals surface area contributed by atoms with Gasteiger partial charge in [0.15, 0.2) is 11.5 Å². The molecule has 96 valence electrons. The van der Waals surface area contributed by atoms with Crippen molar-refractivity contribution in [1.82, 2.24) is 10.2 Å². The average molecular weight is 248 g/mol. The zero-order valence-corrected chi connectivity index (χ0v) is 10.1. The fraction of sp³-hybridized carbons (Fsp3) is 0.462. The van der Waals surface area contributed by atoms with Crippen molar-refractivity contribution in [1.29, 1.82) is 0 Å². The second-order valence-electron chi connectivity index (χ2n) is 4.37. The predicted molar refractivity (Wildman–Crippen MR) is 66.2 cm³/mol. The van der Waals surface area contributed by atoms with E-state index in [4.69, 9.17) is 9.47 Å². The highest BCUT2D eigenvalue weighted by atomic mass is 16.6. The molecule has 2 aliphatic rings. The molecule has 3 rings (SSSR count). The Morgan fingerprint density at radius 1 is 1.17 bits per heavy atom. The molecule has 0 saturated carbocycles. The Balaban J connectivity index is 1.89. The minimum Gasteiger partial charge on any atom is -0.486 e. The minimum atomic E-state index is 0.0267. The van der Waals surface area contributed by atoms with Crippen molar-refractivity contribution in [2.75, 3.05) is 39.4 Å². The average Bonchev–Trinajstić information content (AvgIpc) is 2.47. The molecule has 0 atom stereocenters. The molecule has 0 unspecified atom stereocenters. The number of benzene rings is 1. The summed E-state index contributed by atoms with van der Waals surface area (Å²) in [5.74, 6) is 1.29. The molecule has 0 aromatic heterocycles. The van der Waals surface area contributed by atoms with E-state index < -0.39 is 0 Å². The number of fused-ring (bicyclic) bond motifs is 1. The molecule has 0 spiro atoms. The molecule has 18 heavy (non-hydrogen) atoms. The summed E-state index contributed by atoms with van der Waals surface area (Å²) < 4.78 is 11.1. The van der Waals surface area contributed by atoms with Crippen LogP contribution in [-0.2, 0) is 0 Å². The molecule has 1 N–H and O–H groups in total. The molecule has 1 fully saturated rings. The van der Waals surface area contributed by atoms with Crippen LogP contribution < -0.4 is 14.8 Å². The molecule has 0 radical (unpaired) electrons. The van der Waals surface area contributed by atoms with Crippen LogP contribution in [0.5, 0.6) is 11.5 Å². The number of para-hydroxylation sites is 1. The molecule has 1 aromatic carbocycles. The van der Waals surface area contributed by atoms with Gasteiger partial charge in [-0.3, -0.25) is 4.79 Å². The Hall–Kier alpha value is -1.75. The van der Waals surface area contributed by atoms with Crippen molar-refractivity contribution in [3.63, 3.8) is 0 Å². The van der Waals surface area contributed by atoms with Crippen molar-refractivity contribution >= 4 is 5.91 Å². The van der Waals surface area contributed by atoms with Crippen LogP contribution in [0.15, 0.2) is 18.2 Å². The van der Waals surface area contributed by atoms with Gasteiger partial charge in [-0.15, -0.1) is 0 Å². The molecule has 5 heteroatoms. The third-order valence-corrected chi connectivity index (χ3v) is 3.20. The number of rotatable bonds is 1. The lowest BCUT2D eigenvalue weighted by Gasteiger charge is -2.29. The van der Waals surface area contributed by atoms with E-state index in [2.05, 4.69) is 5.32 Å². The van der Waals surface area contributed by atoms with Gasteiger partial charge in [0.1, 0.15) is 13.2 Å². The SMILES string of the molecule is O=C(c1cccc2c1OCCO2)N1CCNCC1. The van der Waals surface area contributed by atoms with Gasteiger partial charge in [-0.2, -0.15) is 0 Å². The van der Waals surface area contributed by atoms with Crippen LogP contribution in [0.4, 0.5) is 0 Å². The molecule has 2 heterocycles. The van der Waals surface area contributed by atoms with Gasteiger partial charge >= 0.3 is 0 Å². The molecule has 1 saturated heterocycles. The van der Waals surface area contributed by atoms with Crippen LogP contribution in [0.3, 0.4) is 0 Å². The standard InChI is InChI=1S/C13H16N2O3/c16-13(15-6-4-14-5-7-15)10-2-1-3-11-12(10)18-9-8-17-11/h1-3,14H,4-9H2. The number of carbonyl (C=O) groups is 1. The van der Waals surface area contributed by atoms with E-state index >= 15 is 0 Å². The van der Waals surface area contributed by atoms with E-state index in [0.717, 1.165) is 26.2 Å². The number of hydrogen-bond acceptors (Lipinski definition) is 4. The maximum atomic E-state index is 12.4. The first kappa shape index (κ1) is 11.3. The second kappa shape index (κ2) is 4.86. The maximum absolute atomic E-state index is 12.4. The van der Waals surface area contributed by atoms with E-state index in [1.807, 2.05) is 17.0 Å². The molecule has 0 aliphatic carbocycles. The van der Waals surface area contributed by atoms with Crippen LogP contribution in [0.1, 0.15) is 10.4 Å². The molecule has 5 nitrogen and oxygen atoms in total. The van der Waals surface area contributed by atoms with E-state index in [-0.39, 0.29) is 5.91 Å². The molecular formula is C13H16N2O3. The summed E-state index contributed by atoms with van der Waals surface area (Å²) in [5, 5.41) is 3.23. The Morgan fingerprint density at radius 2 is 1.94 bits per heavy atom. The molecular weight excluding hydrogens is 232 g/mol. The summed E-state index contributed by atoms with van der Waals surface area (Å²) in [6, 6.07) is 5.48. The van der Waals surface area contributed by atoms with Gasteiger partial charge < -0.3 is 19.7 Å². The highest BCUT2D eigenvalue weighted by Crippen LogP contribution is 2.34. The second-order valence-corrected chi connectivity index (χ2v) is 4.37. The number of carbonyl (C=O) groups excluding carboxylic acids is 1. The first-order chi connectivity index (χ1) is 8.86. The first-order valence-corrected chi connectivity index (χ1v) is 6.25. The van der Waals surface area contributed by atoms with Crippen molar-refractivity contribution in [3.05, 3.63) is 23.8 Å². The summed E-state index contributed by atoms with van der Waals surface area (Å²) in [4.78, 5) is 14.3. The van der Waals surface area contributed by atoms with Gasteiger partial charge in [-0.05, 0) is 12.1 Å². The highest BCUT2D eigenvalue weighted by molar-refractivity contribution is 5.98. The maximum Gasteiger partial charge on any atom is 0.257 e. The van der Waals surface area contributed by atoms with Crippen LogP contribution >= 0.6 is 0 Å². The van der Waals surface area contributed by atoms with Crippen LogP contribution in [0.2, 0.25) is 0 Å². The Morgan fingerprint density at radius 3 is 2.78 bits per heavy atom. The molecule has 1 aromatic rings. The topological polar surface area (TPSA) is 50.8 Å². The summed E-state index contributed by atoms with van der Waals surface area (Å²) in [6.07, 6.45) is 0. The summed E-state index contributed by atoms with van der Waals surface area (Å²) in [5.41, 5.74) is 0.606. The van der Waals surface area contributed by atoms with E-state index in [1.54, 1.807) is 6.07 Å². The normalized spacial score (nSPS) is 18.6. The van der Waals surface area contributed by atoms with E-state index in [0.29, 0.717) is 30.3 Å². The fourth-order valence-electron chi connectivity index (χ4n) is 2.28. The van der Waals surface area contributed by atoms with E-state index in [9.17, 15) is 4.79 Å². The minimum absolute atomic E-state index is 0.0267. The summed E-state index contributed by atoms with van der Waals surface area (Å²) in [6.45, 7) is 4.21. The summed E-state index contributed by atoms with van der Waals surface area (Å²) in [7, 11) is 0. The number of amides is 1. The van der Waals surface area contributed by atoms with Crippen molar-refractivity contribution < 1.29 is 14.3 Å². The number of hydrogen-bond donors (Lipinski definition) is 1. The van der Waals surface area contributed by atoms with Gasteiger partial charge in [0.05, 0.1) is 5.56 Å². The molecule has 2 aliphatic heterocycles. The fourth-order valence-corrected chi connectivity index (χ4v) is 2.28. The smallest absolute Gasteiger partial charge is 0.257 e. The number of piperazine rings is 1. The van der Waals surface area contributed by atoms with E-state index in [1.165, 1.54) is 0 Å². The lowest BCUT2D eigenvalue weighted by Crippen LogP contribution is -2.46. The van der Waals surface area contributed by atoms with Gasteiger partial charge in [0.25, 0.3) is 5.91 Å². The van der Waals surface area contributed by atoms with Gasteiger partial charge in [-0.25, -0.2) is 0 Å². The molecule has 1 amide bonds. The zero-order chi connectivity index (χ0) is 12.4. The lowest BCUT2D eigenvalue weighted by molar-refractivity contribution is 0.0725. The van der Waals surface area contributed by atoms with Crippen molar-refractivity contribution in [2.45, 2.75) is 0 Å². The van der Waals surface area contributed by atoms with Crippen LogP contribution in [0, 0.1) is 0 Å². The van der Waals surface area contributed by atoms with Crippen LogP contribution in [-0.4, -0.2) is 50.2 Å². The predicted octanol–water partition coefficient (Wildman–Crippen LogP) is 0.503.